The lowest BCUT2D eigenvalue weighted by Crippen LogP contribution is -2.38. The number of nitrogens with zero attached hydrogens (tertiary/aromatic N) is 4. The van der Waals surface area contributed by atoms with E-state index in [0.29, 0.717) is 30.4 Å². The third-order valence-electron chi connectivity index (χ3n) is 4.34. The SMILES string of the molecule is CN=C(NCCC1=CCCCC1)NCCc1noc(-c2ccccn2)n1. The molecule has 2 aromatic heterocycles. The summed E-state index contributed by atoms with van der Waals surface area (Å²) in [5.74, 6) is 1.90. The molecule has 0 amide bonds. The molecule has 138 valence electrons. The second-order valence-corrected chi connectivity index (χ2v) is 6.26. The number of aliphatic imine (C=N–C) groups is 1. The number of aromatic nitrogens is 3. The number of nitrogens with one attached hydrogen (secondary N) is 2. The van der Waals surface area contributed by atoms with Gasteiger partial charge in [0.2, 0.25) is 0 Å². The molecule has 1 aliphatic carbocycles. The van der Waals surface area contributed by atoms with Crippen molar-refractivity contribution in [2.45, 2.75) is 38.5 Å². The first-order valence-corrected chi connectivity index (χ1v) is 9.21. The number of hydrogen-bond donors (Lipinski definition) is 2. The fraction of sp³-hybridized carbons (Fsp3) is 0.474. The molecule has 0 saturated heterocycles. The number of allylic oxidation sites excluding steroid dienone is 1. The third-order valence-corrected chi connectivity index (χ3v) is 4.34. The minimum atomic E-state index is 0.448. The van der Waals surface area contributed by atoms with Crippen LogP contribution in [0, 0.1) is 0 Å². The van der Waals surface area contributed by atoms with Gasteiger partial charge in [-0.05, 0) is 44.2 Å². The Morgan fingerprint density at radius 3 is 2.81 bits per heavy atom. The zero-order valence-corrected chi connectivity index (χ0v) is 15.2. The van der Waals surface area contributed by atoms with Gasteiger partial charge in [0.25, 0.3) is 5.89 Å². The van der Waals surface area contributed by atoms with Crippen molar-refractivity contribution in [3.05, 3.63) is 41.9 Å². The predicted octanol–water partition coefficient (Wildman–Crippen LogP) is 2.73. The summed E-state index contributed by atoms with van der Waals surface area (Å²) in [6.07, 6.45) is 11.0. The largest absolute Gasteiger partial charge is 0.356 e. The first kappa shape index (κ1) is 18.1. The van der Waals surface area contributed by atoms with Gasteiger partial charge in [-0.15, -0.1) is 0 Å². The molecule has 1 aliphatic rings. The van der Waals surface area contributed by atoms with Crippen LogP contribution in [0.4, 0.5) is 0 Å². The van der Waals surface area contributed by atoms with Crippen molar-refractivity contribution in [2.24, 2.45) is 4.99 Å². The van der Waals surface area contributed by atoms with E-state index in [1.165, 1.54) is 25.7 Å². The lowest BCUT2D eigenvalue weighted by molar-refractivity contribution is 0.421. The van der Waals surface area contributed by atoms with E-state index < -0.39 is 0 Å². The summed E-state index contributed by atoms with van der Waals surface area (Å²) in [6, 6.07) is 5.60. The van der Waals surface area contributed by atoms with Gasteiger partial charge in [0.05, 0.1) is 0 Å². The Morgan fingerprint density at radius 1 is 1.19 bits per heavy atom. The fourth-order valence-corrected chi connectivity index (χ4v) is 2.94. The molecule has 2 heterocycles. The predicted molar refractivity (Wildman–Crippen MR) is 102 cm³/mol. The molecule has 2 N–H and O–H groups in total. The van der Waals surface area contributed by atoms with E-state index in [2.05, 4.69) is 36.8 Å². The van der Waals surface area contributed by atoms with Gasteiger partial charge in [-0.1, -0.05) is 22.9 Å². The van der Waals surface area contributed by atoms with Crippen molar-refractivity contribution >= 4 is 5.96 Å². The van der Waals surface area contributed by atoms with E-state index in [1.54, 1.807) is 18.8 Å². The summed E-state index contributed by atoms with van der Waals surface area (Å²) in [7, 11) is 1.78. The number of guanidine groups is 1. The molecule has 2 aromatic rings. The Morgan fingerprint density at radius 2 is 2.08 bits per heavy atom. The molecule has 0 unspecified atom stereocenters. The maximum atomic E-state index is 5.26. The second kappa shape index (κ2) is 9.70. The second-order valence-electron chi connectivity index (χ2n) is 6.26. The van der Waals surface area contributed by atoms with Crippen LogP contribution in [0.5, 0.6) is 0 Å². The molecule has 0 aliphatic heterocycles. The first-order valence-electron chi connectivity index (χ1n) is 9.21. The van der Waals surface area contributed by atoms with E-state index >= 15 is 0 Å². The van der Waals surface area contributed by atoms with Gasteiger partial charge in [0, 0.05) is 32.8 Å². The van der Waals surface area contributed by atoms with Crippen LogP contribution in [0.2, 0.25) is 0 Å². The van der Waals surface area contributed by atoms with Crippen molar-refractivity contribution in [3.8, 4) is 11.6 Å². The average molecular weight is 354 g/mol. The molecule has 0 radical (unpaired) electrons. The summed E-state index contributed by atoms with van der Waals surface area (Å²) in [4.78, 5) is 12.8. The maximum Gasteiger partial charge on any atom is 0.276 e. The summed E-state index contributed by atoms with van der Waals surface area (Å²) >= 11 is 0. The van der Waals surface area contributed by atoms with Crippen LogP contribution < -0.4 is 10.6 Å². The van der Waals surface area contributed by atoms with Crippen molar-refractivity contribution in [1.82, 2.24) is 25.8 Å². The maximum absolute atomic E-state index is 5.26. The standard InChI is InChI=1S/C19H26N6O/c1-20-19(22-13-10-15-7-3-2-4-8-15)23-14-11-17-24-18(26-25-17)16-9-5-6-12-21-16/h5-7,9,12H,2-4,8,10-11,13-14H2,1H3,(H2,20,22,23). The quantitative estimate of drug-likeness (QED) is 0.451. The van der Waals surface area contributed by atoms with Gasteiger partial charge in [0.15, 0.2) is 11.8 Å². The van der Waals surface area contributed by atoms with Crippen LogP contribution in [-0.2, 0) is 6.42 Å². The Kier molecular flexibility index (Phi) is 6.75. The summed E-state index contributed by atoms with van der Waals surface area (Å²) < 4.78 is 5.26. The lowest BCUT2D eigenvalue weighted by atomic mass is 9.97. The monoisotopic (exact) mass is 354 g/mol. The lowest BCUT2D eigenvalue weighted by Gasteiger charge is -2.15. The molecule has 0 atom stereocenters. The first-order chi connectivity index (χ1) is 12.8. The molecule has 26 heavy (non-hydrogen) atoms. The number of pyridine rings is 1. The molecular weight excluding hydrogens is 328 g/mol. The minimum Gasteiger partial charge on any atom is -0.356 e. The molecule has 3 rings (SSSR count). The van der Waals surface area contributed by atoms with E-state index in [0.717, 1.165) is 18.9 Å². The van der Waals surface area contributed by atoms with Gasteiger partial charge in [0.1, 0.15) is 5.69 Å². The molecule has 0 spiro atoms. The highest BCUT2D eigenvalue weighted by atomic mass is 16.5. The Balaban J connectivity index is 1.39. The fourth-order valence-electron chi connectivity index (χ4n) is 2.94. The zero-order valence-electron chi connectivity index (χ0n) is 15.2. The number of hydrogen-bond acceptors (Lipinski definition) is 5. The van der Waals surface area contributed by atoms with Crippen LogP contribution >= 0.6 is 0 Å². The Labute approximate surface area is 154 Å². The van der Waals surface area contributed by atoms with Gasteiger partial charge >= 0.3 is 0 Å². The highest BCUT2D eigenvalue weighted by molar-refractivity contribution is 5.79. The summed E-state index contributed by atoms with van der Waals surface area (Å²) in [6.45, 7) is 1.58. The van der Waals surface area contributed by atoms with Crippen LogP contribution in [-0.4, -0.2) is 41.2 Å². The highest BCUT2D eigenvalue weighted by Crippen LogP contribution is 2.19. The minimum absolute atomic E-state index is 0.448. The molecule has 0 aromatic carbocycles. The van der Waals surface area contributed by atoms with E-state index in [4.69, 9.17) is 4.52 Å². The topological polar surface area (TPSA) is 88.2 Å². The molecule has 0 fully saturated rings. The third kappa shape index (κ3) is 5.40. The van der Waals surface area contributed by atoms with Gasteiger partial charge in [-0.25, -0.2) is 0 Å². The van der Waals surface area contributed by atoms with Gasteiger partial charge in [-0.3, -0.25) is 9.98 Å². The Hall–Kier alpha value is -2.70. The summed E-state index contributed by atoms with van der Waals surface area (Å²) in [5, 5.41) is 10.6. The van der Waals surface area contributed by atoms with Gasteiger partial charge in [-0.2, -0.15) is 4.98 Å². The molecule has 0 saturated carbocycles. The highest BCUT2D eigenvalue weighted by Gasteiger charge is 2.09. The van der Waals surface area contributed by atoms with Crippen molar-refractivity contribution < 1.29 is 4.52 Å². The van der Waals surface area contributed by atoms with E-state index in [-0.39, 0.29) is 0 Å². The van der Waals surface area contributed by atoms with E-state index in [1.807, 2.05) is 18.2 Å². The van der Waals surface area contributed by atoms with Crippen LogP contribution in [0.15, 0.2) is 45.6 Å². The molecule has 7 nitrogen and oxygen atoms in total. The normalized spacial score (nSPS) is 14.8. The van der Waals surface area contributed by atoms with E-state index in [9.17, 15) is 0 Å². The summed E-state index contributed by atoms with van der Waals surface area (Å²) in [5.41, 5.74) is 2.25. The smallest absolute Gasteiger partial charge is 0.276 e. The zero-order chi connectivity index (χ0) is 18.0. The van der Waals surface area contributed by atoms with Crippen LogP contribution in [0.3, 0.4) is 0 Å². The van der Waals surface area contributed by atoms with Gasteiger partial charge < -0.3 is 15.2 Å². The van der Waals surface area contributed by atoms with Crippen molar-refractivity contribution in [3.63, 3.8) is 0 Å². The average Bonchev–Trinajstić information content (AvgIpc) is 3.17. The van der Waals surface area contributed by atoms with Crippen LogP contribution in [0.1, 0.15) is 37.9 Å². The molecule has 0 bridgehead atoms. The van der Waals surface area contributed by atoms with Crippen LogP contribution in [0.25, 0.3) is 11.6 Å². The molecular formula is C19H26N6O. The molecule has 7 heteroatoms. The number of rotatable bonds is 7. The Bertz CT molecular complexity index is 737. The van der Waals surface area contributed by atoms with Crippen molar-refractivity contribution in [2.75, 3.05) is 20.1 Å². The van der Waals surface area contributed by atoms with Crippen molar-refractivity contribution in [1.29, 1.82) is 0 Å².